The first kappa shape index (κ1) is 18.2. The summed E-state index contributed by atoms with van der Waals surface area (Å²) in [6.07, 6.45) is 6.31. The van der Waals surface area contributed by atoms with Gasteiger partial charge < -0.3 is 9.47 Å². The van der Waals surface area contributed by atoms with Crippen molar-refractivity contribution in [2.24, 2.45) is 52.3 Å². The highest BCUT2D eigenvalue weighted by Gasteiger charge is 2.72. The average molecular weight is 397 g/mol. The van der Waals surface area contributed by atoms with Gasteiger partial charge in [0.2, 0.25) is 0 Å². The minimum Gasteiger partial charge on any atom is -0.462 e. The summed E-state index contributed by atoms with van der Waals surface area (Å²) >= 11 is 0. The van der Waals surface area contributed by atoms with Crippen LogP contribution in [0, 0.1) is 52.3 Å². The van der Waals surface area contributed by atoms with E-state index in [0.717, 1.165) is 37.2 Å². The van der Waals surface area contributed by atoms with Crippen molar-refractivity contribution in [1.82, 2.24) is 0 Å². The van der Waals surface area contributed by atoms with E-state index in [9.17, 15) is 9.59 Å². The van der Waals surface area contributed by atoms with Crippen molar-refractivity contribution in [1.29, 1.82) is 0 Å². The van der Waals surface area contributed by atoms with E-state index in [0.29, 0.717) is 41.3 Å². The molecule has 6 rings (SSSR count). The minimum atomic E-state index is -0.153. The molecule has 0 bridgehead atoms. The molecule has 6 aliphatic rings. The van der Waals surface area contributed by atoms with E-state index >= 15 is 0 Å². The molecule has 4 unspecified atom stereocenters. The van der Waals surface area contributed by atoms with Gasteiger partial charge in [0.1, 0.15) is 6.10 Å². The van der Waals surface area contributed by atoms with Gasteiger partial charge in [-0.25, -0.2) is 0 Å². The van der Waals surface area contributed by atoms with Gasteiger partial charge >= 0.3 is 5.97 Å². The molecule has 3 saturated carbocycles. The molecule has 4 heteroatoms. The highest BCUT2D eigenvalue weighted by atomic mass is 16.6. The van der Waals surface area contributed by atoms with Gasteiger partial charge in [-0.3, -0.25) is 9.59 Å². The molecule has 9 atom stereocenters. The lowest BCUT2D eigenvalue weighted by Crippen LogP contribution is -2.51. The maximum atomic E-state index is 12.5. The maximum absolute atomic E-state index is 12.5. The van der Waals surface area contributed by atoms with Gasteiger partial charge in [-0.2, -0.15) is 0 Å². The molecule has 5 aliphatic carbocycles. The van der Waals surface area contributed by atoms with E-state index in [-0.39, 0.29) is 28.8 Å². The van der Waals surface area contributed by atoms with Gasteiger partial charge in [-0.15, -0.1) is 0 Å². The summed E-state index contributed by atoms with van der Waals surface area (Å²) in [5.74, 6) is 5.45. The van der Waals surface area contributed by atoms with Crippen LogP contribution in [0.25, 0.3) is 0 Å². The third-order valence-electron chi connectivity index (χ3n) is 9.93. The Balaban J connectivity index is 1.44. The van der Waals surface area contributed by atoms with E-state index in [1.165, 1.54) is 5.57 Å². The zero-order valence-electron chi connectivity index (χ0n) is 18.2. The van der Waals surface area contributed by atoms with Crippen LogP contribution in [-0.4, -0.2) is 17.9 Å². The van der Waals surface area contributed by atoms with Gasteiger partial charge in [0, 0.05) is 35.2 Å². The first-order chi connectivity index (χ1) is 13.7. The summed E-state index contributed by atoms with van der Waals surface area (Å²) in [6.45, 7) is 10.9. The van der Waals surface area contributed by atoms with E-state index < -0.39 is 0 Å². The topological polar surface area (TPSA) is 55.9 Å². The van der Waals surface area contributed by atoms with Gasteiger partial charge in [-0.05, 0) is 61.3 Å². The van der Waals surface area contributed by atoms with E-state index in [1.807, 2.05) is 6.08 Å². The van der Waals surface area contributed by atoms with E-state index in [2.05, 4.69) is 27.7 Å². The normalized spacial score (nSPS) is 51.2. The summed E-state index contributed by atoms with van der Waals surface area (Å²) in [7, 11) is 0. The number of hydrogen-bond acceptors (Lipinski definition) is 4. The van der Waals surface area contributed by atoms with Crippen LogP contribution in [0.15, 0.2) is 23.2 Å². The Morgan fingerprint density at radius 1 is 1.21 bits per heavy atom. The molecule has 29 heavy (non-hydrogen) atoms. The number of allylic oxidation sites excluding steroid dienone is 3. The van der Waals surface area contributed by atoms with Gasteiger partial charge in [-0.1, -0.05) is 27.7 Å². The fraction of sp³-hybridized carbons (Fsp3) is 0.760. The predicted octanol–water partition coefficient (Wildman–Crippen LogP) is 4.65. The van der Waals surface area contributed by atoms with Gasteiger partial charge in [0.15, 0.2) is 17.3 Å². The number of hydrogen-bond donors (Lipinski definition) is 0. The van der Waals surface area contributed by atoms with Crippen LogP contribution in [0.2, 0.25) is 0 Å². The lowest BCUT2D eigenvalue weighted by atomic mass is 9.49. The number of fused-ring (bicyclic) bond motifs is 9. The molecular formula is C25H32O4. The smallest absolute Gasteiger partial charge is 0.302 e. The lowest BCUT2D eigenvalue weighted by molar-refractivity contribution is -0.160. The van der Waals surface area contributed by atoms with Crippen molar-refractivity contribution >= 4 is 11.8 Å². The Hall–Kier alpha value is -1.58. The molecule has 0 radical (unpaired) electrons. The summed E-state index contributed by atoms with van der Waals surface area (Å²) in [5.41, 5.74) is 1.29. The number of ketones is 1. The number of esters is 1. The second kappa shape index (κ2) is 5.36. The van der Waals surface area contributed by atoms with Crippen LogP contribution in [0.4, 0.5) is 0 Å². The highest BCUT2D eigenvalue weighted by Crippen LogP contribution is 2.75. The van der Waals surface area contributed by atoms with Crippen molar-refractivity contribution in [3.8, 4) is 0 Å². The SMILES string of the molecule is CC(=O)OC1C(C(C)C)C[C@H]2[C@@H]3C4=C(O4)C4=CC(=O)C5CC5[C@]4(C)[C@H]3CC[C@]12C. The molecule has 0 saturated heterocycles. The zero-order valence-corrected chi connectivity index (χ0v) is 18.2. The lowest BCUT2D eigenvalue weighted by Gasteiger charge is -2.54. The molecule has 0 amide bonds. The van der Waals surface area contributed by atoms with Gasteiger partial charge in [0.05, 0.1) is 0 Å². The molecule has 0 aromatic carbocycles. The fourth-order valence-electron chi connectivity index (χ4n) is 8.31. The molecule has 4 nitrogen and oxygen atoms in total. The van der Waals surface area contributed by atoms with Crippen molar-refractivity contribution in [3.05, 3.63) is 23.2 Å². The molecule has 0 aromatic rings. The fourth-order valence-corrected chi connectivity index (χ4v) is 8.31. The Morgan fingerprint density at radius 3 is 2.66 bits per heavy atom. The molecular weight excluding hydrogens is 364 g/mol. The van der Waals surface area contributed by atoms with Crippen molar-refractivity contribution < 1.29 is 19.1 Å². The third kappa shape index (κ3) is 2.11. The van der Waals surface area contributed by atoms with Crippen molar-refractivity contribution in [2.45, 2.75) is 66.4 Å². The quantitative estimate of drug-likeness (QED) is 0.638. The third-order valence-corrected chi connectivity index (χ3v) is 9.93. The first-order valence-electron chi connectivity index (χ1n) is 11.5. The number of carbonyl (C=O) groups excluding carboxylic acids is 2. The van der Waals surface area contributed by atoms with Crippen LogP contribution in [0.3, 0.4) is 0 Å². The Labute approximate surface area is 173 Å². The van der Waals surface area contributed by atoms with Crippen LogP contribution in [-0.2, 0) is 19.1 Å². The zero-order chi connectivity index (χ0) is 20.5. The predicted molar refractivity (Wildman–Crippen MR) is 107 cm³/mol. The average Bonchev–Trinajstić information content (AvgIpc) is 3.54. The minimum absolute atomic E-state index is 0.0000947. The Bertz CT molecular complexity index is 896. The summed E-state index contributed by atoms with van der Waals surface area (Å²) in [4.78, 5) is 24.4. The summed E-state index contributed by atoms with van der Waals surface area (Å²) in [6, 6.07) is 0. The first-order valence-corrected chi connectivity index (χ1v) is 11.5. The second-order valence-corrected chi connectivity index (χ2v) is 11.4. The number of rotatable bonds is 2. The van der Waals surface area contributed by atoms with Crippen LogP contribution < -0.4 is 0 Å². The monoisotopic (exact) mass is 396 g/mol. The molecule has 1 heterocycles. The summed E-state index contributed by atoms with van der Waals surface area (Å²) in [5, 5.41) is 0. The highest BCUT2D eigenvalue weighted by molar-refractivity contribution is 5.97. The Morgan fingerprint density at radius 2 is 1.97 bits per heavy atom. The van der Waals surface area contributed by atoms with Crippen molar-refractivity contribution in [3.63, 3.8) is 0 Å². The maximum Gasteiger partial charge on any atom is 0.302 e. The standard InChI is InChI=1S/C25H32O4/c1-11(2)13-8-17-20-15(6-7-24(17,4)23(13)28-12(3)26)25(5)16-9-14(16)19(27)10-18(25)21-22(20)29-21/h10-11,13-17,20,23H,6-9H2,1-5H3/t13?,14?,15-,16?,17-,20+,23?,24-,25-/m0/s1. The van der Waals surface area contributed by atoms with Gasteiger partial charge in [0.25, 0.3) is 0 Å². The Kier molecular flexibility index (Phi) is 3.37. The molecule has 0 spiro atoms. The molecule has 0 N–H and O–H groups in total. The van der Waals surface area contributed by atoms with Crippen LogP contribution in [0.5, 0.6) is 0 Å². The summed E-state index contributed by atoms with van der Waals surface area (Å²) < 4.78 is 12.2. The second-order valence-electron chi connectivity index (χ2n) is 11.4. The molecule has 156 valence electrons. The molecule has 3 fully saturated rings. The van der Waals surface area contributed by atoms with Crippen LogP contribution in [0.1, 0.15) is 60.3 Å². The van der Waals surface area contributed by atoms with Crippen LogP contribution >= 0.6 is 0 Å². The number of carbonyl (C=O) groups is 2. The largest absolute Gasteiger partial charge is 0.462 e. The van der Waals surface area contributed by atoms with E-state index in [4.69, 9.17) is 9.47 Å². The molecule has 1 aliphatic heterocycles. The molecule has 0 aromatic heterocycles. The van der Waals surface area contributed by atoms with Crippen molar-refractivity contribution in [2.75, 3.05) is 0 Å². The number of ether oxygens (including phenoxy) is 2. The van der Waals surface area contributed by atoms with E-state index in [1.54, 1.807) is 6.92 Å².